The van der Waals surface area contributed by atoms with Crippen LogP contribution in [-0.2, 0) is 11.2 Å². The summed E-state index contributed by atoms with van der Waals surface area (Å²) in [5, 5.41) is 10.2. The SMILES string of the molecule is CN=C(NCCCc1nc(C)cs1)NCC(C(C)C)N1CCOCC1.I. The third-order valence-electron chi connectivity index (χ3n) is 4.51. The standard InChI is InChI=1S/C18H33N5OS.HI/c1-14(2)16(23-8-10-24-11-9-23)12-21-18(19-4)20-7-5-6-17-22-15(3)13-25-17;/h13-14,16H,5-12H2,1-4H3,(H2,19,20,21);1H. The molecule has 1 fully saturated rings. The van der Waals surface area contributed by atoms with E-state index in [0.29, 0.717) is 12.0 Å². The van der Waals surface area contributed by atoms with E-state index < -0.39 is 0 Å². The number of aryl methyl sites for hydroxylation is 2. The van der Waals surface area contributed by atoms with Crippen molar-refractivity contribution in [3.05, 3.63) is 16.1 Å². The molecule has 1 aromatic rings. The highest BCUT2D eigenvalue weighted by atomic mass is 127. The van der Waals surface area contributed by atoms with Gasteiger partial charge in [-0.1, -0.05) is 13.8 Å². The Labute approximate surface area is 179 Å². The first-order valence-corrected chi connectivity index (χ1v) is 10.2. The number of aliphatic imine (C=N–C) groups is 1. The Balaban J connectivity index is 0.00000338. The fraction of sp³-hybridized carbons (Fsp3) is 0.778. The lowest BCUT2D eigenvalue weighted by Gasteiger charge is -2.37. The van der Waals surface area contributed by atoms with Crippen molar-refractivity contribution in [2.75, 3.05) is 46.4 Å². The number of guanidine groups is 1. The molecule has 1 aliphatic heterocycles. The number of halogens is 1. The van der Waals surface area contributed by atoms with Gasteiger partial charge >= 0.3 is 0 Å². The fourth-order valence-electron chi connectivity index (χ4n) is 3.08. The maximum Gasteiger partial charge on any atom is 0.191 e. The van der Waals surface area contributed by atoms with Crippen LogP contribution in [-0.4, -0.2) is 68.3 Å². The molecule has 0 bridgehead atoms. The minimum Gasteiger partial charge on any atom is -0.379 e. The van der Waals surface area contributed by atoms with E-state index in [2.05, 4.69) is 44.7 Å². The van der Waals surface area contributed by atoms with E-state index in [1.165, 1.54) is 5.01 Å². The summed E-state index contributed by atoms with van der Waals surface area (Å²) in [5.74, 6) is 1.48. The molecule has 0 saturated carbocycles. The molecule has 8 heteroatoms. The van der Waals surface area contributed by atoms with Gasteiger partial charge in [-0.15, -0.1) is 35.3 Å². The molecule has 1 saturated heterocycles. The highest BCUT2D eigenvalue weighted by molar-refractivity contribution is 14.0. The normalized spacial score (nSPS) is 17.0. The van der Waals surface area contributed by atoms with Gasteiger partial charge in [-0.25, -0.2) is 4.98 Å². The molecule has 2 heterocycles. The molecule has 1 unspecified atom stereocenters. The van der Waals surface area contributed by atoms with Crippen LogP contribution in [0.5, 0.6) is 0 Å². The van der Waals surface area contributed by atoms with Gasteiger partial charge in [0, 0.05) is 56.8 Å². The van der Waals surface area contributed by atoms with Crippen molar-refractivity contribution >= 4 is 41.3 Å². The molecule has 150 valence electrons. The molecule has 26 heavy (non-hydrogen) atoms. The number of nitrogens with zero attached hydrogens (tertiary/aromatic N) is 3. The van der Waals surface area contributed by atoms with Crippen LogP contribution in [0.3, 0.4) is 0 Å². The van der Waals surface area contributed by atoms with Gasteiger partial charge in [-0.05, 0) is 19.3 Å². The van der Waals surface area contributed by atoms with Crippen LogP contribution in [0, 0.1) is 12.8 Å². The van der Waals surface area contributed by atoms with E-state index >= 15 is 0 Å². The lowest BCUT2D eigenvalue weighted by molar-refractivity contribution is 0.00752. The smallest absolute Gasteiger partial charge is 0.191 e. The lowest BCUT2D eigenvalue weighted by atomic mass is 10.0. The summed E-state index contributed by atoms with van der Waals surface area (Å²) in [7, 11) is 1.83. The van der Waals surface area contributed by atoms with E-state index in [9.17, 15) is 0 Å². The quantitative estimate of drug-likeness (QED) is 0.251. The topological polar surface area (TPSA) is 61.8 Å². The van der Waals surface area contributed by atoms with Crippen molar-refractivity contribution in [2.45, 2.75) is 39.7 Å². The van der Waals surface area contributed by atoms with E-state index in [1.807, 2.05) is 14.0 Å². The summed E-state index contributed by atoms with van der Waals surface area (Å²) in [4.78, 5) is 11.4. The van der Waals surface area contributed by atoms with E-state index in [4.69, 9.17) is 4.74 Å². The van der Waals surface area contributed by atoms with Crippen LogP contribution >= 0.6 is 35.3 Å². The number of morpholine rings is 1. The molecule has 0 amide bonds. The summed E-state index contributed by atoms with van der Waals surface area (Å²) in [5.41, 5.74) is 1.12. The molecular formula is C18H34IN5OS. The van der Waals surface area contributed by atoms with Crippen LogP contribution in [0.15, 0.2) is 10.4 Å². The number of hydrogen-bond donors (Lipinski definition) is 2. The first-order chi connectivity index (χ1) is 12.1. The number of hydrogen-bond acceptors (Lipinski definition) is 5. The second-order valence-corrected chi connectivity index (χ2v) is 7.77. The molecule has 1 aliphatic rings. The molecule has 6 nitrogen and oxygen atoms in total. The summed E-state index contributed by atoms with van der Waals surface area (Å²) in [6.07, 6.45) is 2.08. The van der Waals surface area contributed by atoms with Gasteiger partial charge < -0.3 is 15.4 Å². The molecule has 1 atom stereocenters. The Morgan fingerprint density at radius 1 is 1.35 bits per heavy atom. The third kappa shape index (κ3) is 8.06. The minimum absolute atomic E-state index is 0. The Bertz CT molecular complexity index is 531. The monoisotopic (exact) mass is 495 g/mol. The van der Waals surface area contributed by atoms with E-state index in [1.54, 1.807) is 11.3 Å². The molecule has 2 N–H and O–H groups in total. The molecule has 0 aromatic carbocycles. The van der Waals surface area contributed by atoms with Crippen molar-refractivity contribution in [2.24, 2.45) is 10.9 Å². The zero-order valence-corrected chi connectivity index (χ0v) is 19.6. The highest BCUT2D eigenvalue weighted by Crippen LogP contribution is 2.12. The molecule has 0 aliphatic carbocycles. The first-order valence-electron chi connectivity index (χ1n) is 9.27. The van der Waals surface area contributed by atoms with Crippen molar-refractivity contribution in [3.63, 3.8) is 0 Å². The van der Waals surface area contributed by atoms with E-state index in [-0.39, 0.29) is 24.0 Å². The van der Waals surface area contributed by atoms with Gasteiger partial charge in [-0.3, -0.25) is 9.89 Å². The average molecular weight is 495 g/mol. The van der Waals surface area contributed by atoms with Crippen molar-refractivity contribution in [1.82, 2.24) is 20.5 Å². The van der Waals surface area contributed by atoms with Crippen molar-refractivity contribution < 1.29 is 4.74 Å². The maximum absolute atomic E-state index is 5.48. The maximum atomic E-state index is 5.48. The Morgan fingerprint density at radius 2 is 2.08 bits per heavy atom. The summed E-state index contributed by atoms with van der Waals surface area (Å²) in [6, 6.07) is 0.501. The average Bonchev–Trinajstić information content (AvgIpc) is 3.03. The van der Waals surface area contributed by atoms with Crippen LogP contribution in [0.2, 0.25) is 0 Å². The third-order valence-corrected chi connectivity index (χ3v) is 5.54. The molecule has 0 spiro atoms. The summed E-state index contributed by atoms with van der Waals surface area (Å²) < 4.78 is 5.48. The summed E-state index contributed by atoms with van der Waals surface area (Å²) in [6.45, 7) is 12.1. The Morgan fingerprint density at radius 3 is 2.65 bits per heavy atom. The lowest BCUT2D eigenvalue weighted by Crippen LogP contribution is -2.52. The van der Waals surface area contributed by atoms with Gasteiger partial charge in [0.15, 0.2) is 5.96 Å². The van der Waals surface area contributed by atoms with Gasteiger partial charge in [0.25, 0.3) is 0 Å². The number of aromatic nitrogens is 1. The second-order valence-electron chi connectivity index (χ2n) is 6.83. The fourth-order valence-corrected chi connectivity index (χ4v) is 3.90. The highest BCUT2D eigenvalue weighted by Gasteiger charge is 2.23. The predicted molar refractivity (Wildman–Crippen MR) is 121 cm³/mol. The Kier molecular flexibility index (Phi) is 11.7. The van der Waals surface area contributed by atoms with Gasteiger partial charge in [0.1, 0.15) is 0 Å². The van der Waals surface area contributed by atoms with Crippen LogP contribution in [0.1, 0.15) is 31.0 Å². The number of rotatable bonds is 8. The van der Waals surface area contributed by atoms with Gasteiger partial charge in [-0.2, -0.15) is 0 Å². The van der Waals surface area contributed by atoms with Crippen LogP contribution < -0.4 is 10.6 Å². The second kappa shape index (κ2) is 12.9. The number of thiazole rings is 1. The minimum atomic E-state index is 0. The van der Waals surface area contributed by atoms with Crippen LogP contribution in [0.25, 0.3) is 0 Å². The molecular weight excluding hydrogens is 461 g/mol. The summed E-state index contributed by atoms with van der Waals surface area (Å²) >= 11 is 1.75. The molecule has 0 radical (unpaired) electrons. The van der Waals surface area contributed by atoms with Crippen molar-refractivity contribution in [3.8, 4) is 0 Å². The van der Waals surface area contributed by atoms with Gasteiger partial charge in [0.05, 0.1) is 18.2 Å². The van der Waals surface area contributed by atoms with Crippen molar-refractivity contribution in [1.29, 1.82) is 0 Å². The molecule has 1 aromatic heterocycles. The number of nitrogens with one attached hydrogen (secondary N) is 2. The zero-order valence-electron chi connectivity index (χ0n) is 16.5. The van der Waals surface area contributed by atoms with Gasteiger partial charge in [0.2, 0.25) is 0 Å². The largest absolute Gasteiger partial charge is 0.379 e. The first kappa shape index (κ1) is 23.6. The number of ether oxygens (including phenoxy) is 1. The van der Waals surface area contributed by atoms with Crippen LogP contribution in [0.4, 0.5) is 0 Å². The molecule has 2 rings (SSSR count). The zero-order chi connectivity index (χ0) is 18.1. The Hall–Kier alpha value is -0.450. The van der Waals surface area contributed by atoms with E-state index in [0.717, 1.165) is 63.9 Å². The predicted octanol–water partition coefficient (Wildman–Crippen LogP) is 2.52.